The van der Waals surface area contributed by atoms with E-state index in [1.165, 1.54) is 167 Å². The maximum atomic E-state index is 13.2. The fourth-order valence-corrected chi connectivity index (χ4v) is 9.48. The lowest BCUT2D eigenvalue weighted by atomic mass is 9.97. The van der Waals surface area contributed by atoms with Crippen molar-refractivity contribution in [3.05, 3.63) is 24.3 Å². The zero-order chi connectivity index (χ0) is 51.0. The molecule has 2 fully saturated rings. The van der Waals surface area contributed by atoms with Crippen LogP contribution in [0.5, 0.6) is 0 Å². The quantitative estimate of drug-likeness (QED) is 0.0205. The molecule has 0 radical (unpaired) electrons. The molecule has 2 heterocycles. The molecule has 12 unspecified atom stereocenters. The summed E-state index contributed by atoms with van der Waals surface area (Å²) < 4.78 is 22.7. The summed E-state index contributed by atoms with van der Waals surface area (Å²) in [5.74, 6) is -0.247. The van der Waals surface area contributed by atoms with Crippen molar-refractivity contribution in [2.45, 2.75) is 306 Å². The molecular formula is C56H105NO13. The average molecular weight is 1000 g/mol. The van der Waals surface area contributed by atoms with E-state index in [0.29, 0.717) is 12.8 Å². The molecule has 12 atom stereocenters. The minimum absolute atomic E-state index is 0.247. The number of unbranched alkanes of at least 4 members (excludes halogenated alkanes) is 30. The van der Waals surface area contributed by atoms with Crippen molar-refractivity contribution in [2.75, 3.05) is 19.8 Å². The Morgan fingerprint density at radius 1 is 0.500 bits per heavy atom. The Morgan fingerprint density at radius 2 is 0.914 bits per heavy atom. The standard InChI is InChI=1S/C56H105NO13/c1-3-5-7-9-11-13-15-17-18-19-20-21-22-23-24-25-26-28-29-31-33-35-37-39-45(60)44(57-48(61)40-38-36-34-32-30-27-16-14-12-10-8-6-4-2)43-67-55-53(66)51(64)54(47(42-59)69-55)70-56-52(65)50(63)49(62)46(41-58)68-56/h29,31,37,39,44-47,49-56,58-60,62-66H,3-28,30,32-36,38,40-43H2,1-2H3,(H,57,61)/b31-29+,39-37+. The van der Waals surface area contributed by atoms with Crippen molar-refractivity contribution in [1.29, 1.82) is 0 Å². The number of allylic oxidation sites excluding steroid dienone is 3. The maximum absolute atomic E-state index is 13.2. The zero-order valence-corrected chi connectivity index (χ0v) is 44.0. The highest BCUT2D eigenvalue weighted by atomic mass is 16.7. The fraction of sp³-hybridized carbons (Fsp3) is 0.911. The summed E-state index contributed by atoms with van der Waals surface area (Å²) in [7, 11) is 0. The molecule has 0 spiro atoms. The number of amides is 1. The predicted octanol–water partition coefficient (Wildman–Crippen LogP) is 8.89. The average Bonchev–Trinajstić information content (AvgIpc) is 3.36. The van der Waals surface area contributed by atoms with E-state index < -0.39 is 86.8 Å². The Labute approximate surface area is 424 Å². The van der Waals surface area contributed by atoms with Crippen LogP contribution in [0.2, 0.25) is 0 Å². The smallest absolute Gasteiger partial charge is 0.220 e. The first-order valence-electron chi connectivity index (χ1n) is 28.6. The summed E-state index contributed by atoms with van der Waals surface area (Å²) >= 11 is 0. The van der Waals surface area contributed by atoms with E-state index in [0.717, 1.165) is 32.1 Å². The molecule has 14 nitrogen and oxygen atoms in total. The van der Waals surface area contributed by atoms with Gasteiger partial charge in [0.05, 0.1) is 32.0 Å². The van der Waals surface area contributed by atoms with Crippen LogP contribution < -0.4 is 5.32 Å². The molecule has 9 N–H and O–H groups in total. The van der Waals surface area contributed by atoms with Gasteiger partial charge in [-0.15, -0.1) is 0 Å². The summed E-state index contributed by atoms with van der Waals surface area (Å²) in [4.78, 5) is 13.2. The van der Waals surface area contributed by atoms with Gasteiger partial charge in [-0.05, 0) is 32.1 Å². The first kappa shape index (κ1) is 64.6. The first-order valence-corrected chi connectivity index (χ1v) is 28.6. The van der Waals surface area contributed by atoms with E-state index in [1.54, 1.807) is 6.08 Å². The van der Waals surface area contributed by atoms with Crippen molar-refractivity contribution in [2.24, 2.45) is 0 Å². The largest absolute Gasteiger partial charge is 0.394 e. The highest BCUT2D eigenvalue weighted by Gasteiger charge is 2.51. The van der Waals surface area contributed by atoms with Crippen LogP contribution in [0.25, 0.3) is 0 Å². The number of nitrogens with one attached hydrogen (secondary N) is 1. The second kappa shape index (κ2) is 42.8. The van der Waals surface area contributed by atoms with Crippen LogP contribution in [0.15, 0.2) is 24.3 Å². The van der Waals surface area contributed by atoms with E-state index >= 15 is 0 Å². The van der Waals surface area contributed by atoms with E-state index in [1.807, 2.05) is 6.08 Å². The van der Waals surface area contributed by atoms with Gasteiger partial charge in [0.1, 0.15) is 48.8 Å². The molecule has 0 bridgehead atoms. The third-order valence-electron chi connectivity index (χ3n) is 14.1. The van der Waals surface area contributed by atoms with Gasteiger partial charge in [0.2, 0.25) is 5.91 Å². The van der Waals surface area contributed by atoms with Crippen LogP contribution >= 0.6 is 0 Å². The summed E-state index contributed by atoms with van der Waals surface area (Å²) in [6, 6.07) is -0.926. The molecular weight excluding hydrogens is 895 g/mol. The lowest BCUT2D eigenvalue weighted by molar-refractivity contribution is -0.359. The van der Waals surface area contributed by atoms with Crippen molar-refractivity contribution >= 4 is 5.91 Å². The summed E-state index contributed by atoms with van der Waals surface area (Å²) in [5, 5.41) is 86.9. The molecule has 1 amide bonds. The molecule has 0 aromatic rings. The lowest BCUT2D eigenvalue weighted by Crippen LogP contribution is -2.65. The second-order valence-electron chi connectivity index (χ2n) is 20.4. The van der Waals surface area contributed by atoms with Gasteiger partial charge in [0.15, 0.2) is 12.6 Å². The number of carbonyl (C=O) groups excluding carboxylic acids is 1. The molecule has 0 saturated carbocycles. The highest BCUT2D eigenvalue weighted by molar-refractivity contribution is 5.76. The Hall–Kier alpha value is -1.53. The van der Waals surface area contributed by atoms with Crippen LogP contribution in [0.1, 0.15) is 232 Å². The van der Waals surface area contributed by atoms with Crippen LogP contribution in [0.4, 0.5) is 0 Å². The number of rotatable bonds is 45. The van der Waals surface area contributed by atoms with Crippen LogP contribution in [0, 0.1) is 0 Å². The van der Waals surface area contributed by atoms with Crippen molar-refractivity contribution in [3.63, 3.8) is 0 Å². The van der Waals surface area contributed by atoms with E-state index in [2.05, 4.69) is 31.3 Å². The molecule has 2 saturated heterocycles. The second-order valence-corrected chi connectivity index (χ2v) is 20.4. The summed E-state index contributed by atoms with van der Waals surface area (Å²) in [5.41, 5.74) is 0. The highest BCUT2D eigenvalue weighted by Crippen LogP contribution is 2.30. The van der Waals surface area contributed by atoms with Crippen molar-refractivity contribution < 1.29 is 64.6 Å². The zero-order valence-electron chi connectivity index (χ0n) is 44.0. The Kier molecular flexibility index (Phi) is 39.5. The predicted molar refractivity (Wildman–Crippen MR) is 277 cm³/mol. The molecule has 0 aliphatic carbocycles. The van der Waals surface area contributed by atoms with E-state index in [4.69, 9.17) is 18.9 Å². The van der Waals surface area contributed by atoms with Crippen LogP contribution in [-0.2, 0) is 23.7 Å². The van der Waals surface area contributed by atoms with Gasteiger partial charge in [-0.3, -0.25) is 4.79 Å². The maximum Gasteiger partial charge on any atom is 0.220 e. The monoisotopic (exact) mass is 1000 g/mol. The van der Waals surface area contributed by atoms with Crippen molar-refractivity contribution in [3.8, 4) is 0 Å². The van der Waals surface area contributed by atoms with Crippen LogP contribution in [-0.4, -0.2) is 140 Å². The van der Waals surface area contributed by atoms with E-state index in [-0.39, 0.29) is 18.9 Å². The Morgan fingerprint density at radius 3 is 1.40 bits per heavy atom. The van der Waals surface area contributed by atoms with Gasteiger partial charge in [-0.2, -0.15) is 0 Å². The van der Waals surface area contributed by atoms with Gasteiger partial charge < -0.3 is 65.1 Å². The topological polar surface area (TPSA) is 228 Å². The summed E-state index contributed by atoms with van der Waals surface area (Å²) in [6.07, 6.45) is 32.3. The van der Waals surface area contributed by atoms with E-state index in [9.17, 15) is 45.6 Å². The number of ether oxygens (including phenoxy) is 4. The third-order valence-corrected chi connectivity index (χ3v) is 14.1. The molecule has 2 rings (SSSR count). The number of aliphatic hydroxyl groups is 8. The number of hydrogen-bond acceptors (Lipinski definition) is 13. The molecule has 14 heteroatoms. The number of aliphatic hydroxyl groups excluding tert-OH is 8. The van der Waals surface area contributed by atoms with Crippen molar-refractivity contribution in [1.82, 2.24) is 5.32 Å². The Bertz CT molecular complexity index is 1270. The minimum Gasteiger partial charge on any atom is -0.394 e. The number of carbonyl (C=O) groups is 1. The van der Waals surface area contributed by atoms with Gasteiger partial charge in [-0.1, -0.05) is 218 Å². The van der Waals surface area contributed by atoms with Gasteiger partial charge >= 0.3 is 0 Å². The Balaban J connectivity index is 1.79. The van der Waals surface area contributed by atoms with Gasteiger partial charge in [0, 0.05) is 6.42 Å². The first-order chi connectivity index (χ1) is 34.1. The van der Waals surface area contributed by atoms with Crippen LogP contribution in [0.3, 0.4) is 0 Å². The van der Waals surface area contributed by atoms with Gasteiger partial charge in [0.25, 0.3) is 0 Å². The minimum atomic E-state index is -1.79. The molecule has 0 aromatic carbocycles. The summed E-state index contributed by atoms with van der Waals surface area (Å²) in [6.45, 7) is 2.79. The fourth-order valence-electron chi connectivity index (χ4n) is 9.48. The molecule has 2 aliphatic heterocycles. The third kappa shape index (κ3) is 28.8. The normalized spacial score (nSPS) is 26.1. The van der Waals surface area contributed by atoms with Gasteiger partial charge in [-0.25, -0.2) is 0 Å². The SMILES string of the molecule is CCCCCCCCCCCCCCCCCCC/C=C/CC/C=C/C(O)C(COC1OC(CO)C(OC2OC(CO)C(O)C(O)C2O)C(O)C1O)NC(=O)CCCCCCCCCCCCCCC. The molecule has 412 valence electrons. The lowest BCUT2D eigenvalue weighted by Gasteiger charge is -2.46. The molecule has 2 aliphatic rings. The molecule has 70 heavy (non-hydrogen) atoms. The number of hydrogen-bond donors (Lipinski definition) is 9. The molecule has 0 aromatic heterocycles.